The van der Waals surface area contributed by atoms with Crippen molar-refractivity contribution in [2.75, 3.05) is 6.54 Å². The number of aryl methyl sites for hydroxylation is 2. The van der Waals surface area contributed by atoms with Gasteiger partial charge in [-0.2, -0.15) is 0 Å². The minimum absolute atomic E-state index is 0.188. The van der Waals surface area contributed by atoms with Crippen molar-refractivity contribution in [3.05, 3.63) is 58.9 Å². The predicted octanol–water partition coefficient (Wildman–Crippen LogP) is 2.93. The van der Waals surface area contributed by atoms with Crippen molar-refractivity contribution in [2.45, 2.75) is 26.8 Å². The summed E-state index contributed by atoms with van der Waals surface area (Å²) < 4.78 is 14.3. The van der Waals surface area contributed by atoms with Crippen LogP contribution in [0.4, 0.5) is 4.39 Å². The number of rotatable bonds is 4. The van der Waals surface area contributed by atoms with Crippen LogP contribution in [0.1, 0.15) is 35.2 Å². The Hall–Kier alpha value is -1.81. The number of halogens is 1. The molecule has 0 saturated carbocycles. The molecule has 0 aliphatic heterocycles. The summed E-state index contributed by atoms with van der Waals surface area (Å²) in [6.45, 7) is 6.57. The van der Waals surface area contributed by atoms with Gasteiger partial charge in [-0.1, -0.05) is 13.0 Å². The van der Waals surface area contributed by atoms with E-state index in [-0.39, 0.29) is 11.9 Å². The fourth-order valence-electron chi connectivity index (χ4n) is 2.34. The van der Waals surface area contributed by atoms with Crippen molar-refractivity contribution in [2.24, 2.45) is 0 Å². The molecule has 1 unspecified atom stereocenters. The molecule has 0 fully saturated rings. The Bertz CT molecular complexity index is 532. The lowest BCUT2D eigenvalue weighted by molar-refractivity contribution is 0.553. The number of aromatic nitrogens is 2. The van der Waals surface area contributed by atoms with Gasteiger partial charge in [-0.15, -0.1) is 0 Å². The van der Waals surface area contributed by atoms with Crippen molar-refractivity contribution in [1.82, 2.24) is 15.3 Å². The van der Waals surface area contributed by atoms with Crippen LogP contribution in [0.5, 0.6) is 0 Å². The normalized spacial score (nSPS) is 12.4. The Labute approximate surface area is 112 Å². The van der Waals surface area contributed by atoms with Gasteiger partial charge >= 0.3 is 0 Å². The van der Waals surface area contributed by atoms with Gasteiger partial charge in [0.15, 0.2) is 0 Å². The van der Waals surface area contributed by atoms with E-state index in [2.05, 4.69) is 15.3 Å². The fourth-order valence-corrected chi connectivity index (χ4v) is 2.34. The van der Waals surface area contributed by atoms with Gasteiger partial charge in [-0.3, -0.25) is 0 Å². The SMILES string of the molecule is CCNC(c1cncnc1)c1c(C)cc(C)cc1F. The molecular formula is C15H18FN3. The van der Waals surface area contributed by atoms with Gasteiger partial charge in [0.25, 0.3) is 0 Å². The Kier molecular flexibility index (Phi) is 4.22. The maximum Gasteiger partial charge on any atom is 0.128 e. The van der Waals surface area contributed by atoms with Crippen LogP contribution in [0, 0.1) is 19.7 Å². The number of hydrogen-bond acceptors (Lipinski definition) is 3. The zero-order chi connectivity index (χ0) is 13.8. The van der Waals surface area contributed by atoms with E-state index < -0.39 is 0 Å². The lowest BCUT2D eigenvalue weighted by Gasteiger charge is -2.21. The van der Waals surface area contributed by atoms with Crippen molar-refractivity contribution >= 4 is 0 Å². The summed E-state index contributed by atoms with van der Waals surface area (Å²) in [6.07, 6.45) is 4.92. The zero-order valence-electron chi connectivity index (χ0n) is 11.4. The van der Waals surface area contributed by atoms with Crippen molar-refractivity contribution in [3.8, 4) is 0 Å². The van der Waals surface area contributed by atoms with Crippen LogP contribution in [0.2, 0.25) is 0 Å². The maximum atomic E-state index is 14.3. The van der Waals surface area contributed by atoms with E-state index in [0.717, 1.165) is 23.2 Å². The first-order chi connectivity index (χ1) is 9.13. The second kappa shape index (κ2) is 5.89. The molecule has 0 aliphatic carbocycles. The van der Waals surface area contributed by atoms with Crippen molar-refractivity contribution < 1.29 is 4.39 Å². The van der Waals surface area contributed by atoms with Crippen molar-refractivity contribution in [3.63, 3.8) is 0 Å². The lowest BCUT2D eigenvalue weighted by Crippen LogP contribution is -2.24. The Morgan fingerprint density at radius 3 is 2.47 bits per heavy atom. The topological polar surface area (TPSA) is 37.8 Å². The summed E-state index contributed by atoms with van der Waals surface area (Å²) in [4.78, 5) is 8.03. The molecule has 1 heterocycles. The second-order valence-electron chi connectivity index (χ2n) is 4.64. The van der Waals surface area contributed by atoms with Crippen LogP contribution in [0.3, 0.4) is 0 Å². The number of hydrogen-bond donors (Lipinski definition) is 1. The molecule has 4 heteroatoms. The first kappa shape index (κ1) is 13.6. The van der Waals surface area contributed by atoms with Crippen LogP contribution in [0.25, 0.3) is 0 Å². The highest BCUT2D eigenvalue weighted by Crippen LogP contribution is 2.27. The van der Waals surface area contributed by atoms with Crippen LogP contribution in [-0.4, -0.2) is 16.5 Å². The third-order valence-electron chi connectivity index (χ3n) is 3.09. The van der Waals surface area contributed by atoms with Gasteiger partial charge in [0, 0.05) is 23.5 Å². The highest BCUT2D eigenvalue weighted by molar-refractivity contribution is 5.38. The van der Waals surface area contributed by atoms with Gasteiger partial charge in [0.05, 0.1) is 6.04 Å². The van der Waals surface area contributed by atoms with Crippen LogP contribution in [0.15, 0.2) is 30.9 Å². The molecule has 1 N–H and O–H groups in total. The molecule has 1 atom stereocenters. The molecule has 2 aromatic rings. The molecule has 100 valence electrons. The van der Waals surface area contributed by atoms with E-state index >= 15 is 0 Å². The van der Waals surface area contributed by atoms with E-state index in [9.17, 15) is 4.39 Å². The van der Waals surface area contributed by atoms with Gasteiger partial charge < -0.3 is 5.32 Å². The smallest absolute Gasteiger partial charge is 0.128 e. The Morgan fingerprint density at radius 2 is 1.89 bits per heavy atom. The molecule has 3 nitrogen and oxygen atoms in total. The summed E-state index contributed by atoms with van der Waals surface area (Å²) in [5, 5.41) is 3.30. The Morgan fingerprint density at radius 1 is 1.21 bits per heavy atom. The zero-order valence-corrected chi connectivity index (χ0v) is 11.4. The standard InChI is InChI=1S/C15H18FN3/c1-4-19-15(12-7-17-9-18-8-12)14-11(3)5-10(2)6-13(14)16/h5-9,15,19H,4H2,1-3H3. The summed E-state index contributed by atoms with van der Waals surface area (Å²) in [5.41, 5.74) is 3.41. The highest BCUT2D eigenvalue weighted by atomic mass is 19.1. The third kappa shape index (κ3) is 2.96. The molecule has 0 amide bonds. The van der Waals surface area contributed by atoms with Crippen LogP contribution in [-0.2, 0) is 0 Å². The average molecular weight is 259 g/mol. The maximum absolute atomic E-state index is 14.3. The minimum Gasteiger partial charge on any atom is -0.306 e. The van der Waals surface area contributed by atoms with Crippen LogP contribution >= 0.6 is 0 Å². The molecule has 1 aromatic carbocycles. The fraction of sp³-hybridized carbons (Fsp3) is 0.333. The van der Waals surface area contributed by atoms with E-state index in [4.69, 9.17) is 0 Å². The molecular weight excluding hydrogens is 241 g/mol. The summed E-state index contributed by atoms with van der Waals surface area (Å²) >= 11 is 0. The molecule has 0 aliphatic rings. The van der Waals surface area contributed by atoms with E-state index in [1.165, 1.54) is 6.33 Å². The molecule has 0 radical (unpaired) electrons. The highest BCUT2D eigenvalue weighted by Gasteiger charge is 2.20. The monoisotopic (exact) mass is 259 g/mol. The van der Waals surface area contributed by atoms with Crippen molar-refractivity contribution in [1.29, 1.82) is 0 Å². The van der Waals surface area contributed by atoms with E-state index in [1.54, 1.807) is 18.5 Å². The van der Waals surface area contributed by atoms with Gasteiger partial charge in [-0.25, -0.2) is 14.4 Å². The predicted molar refractivity (Wildman–Crippen MR) is 73.4 cm³/mol. The molecule has 0 saturated heterocycles. The molecule has 1 aromatic heterocycles. The van der Waals surface area contributed by atoms with Crippen LogP contribution < -0.4 is 5.32 Å². The van der Waals surface area contributed by atoms with Gasteiger partial charge in [0.1, 0.15) is 12.1 Å². The number of nitrogens with one attached hydrogen (secondary N) is 1. The summed E-state index contributed by atoms with van der Waals surface area (Å²) in [7, 11) is 0. The Balaban J connectivity index is 2.51. The first-order valence-corrected chi connectivity index (χ1v) is 6.38. The second-order valence-corrected chi connectivity index (χ2v) is 4.64. The molecule has 2 rings (SSSR count). The first-order valence-electron chi connectivity index (χ1n) is 6.38. The molecule has 0 spiro atoms. The summed E-state index contributed by atoms with van der Waals surface area (Å²) in [5.74, 6) is -0.188. The summed E-state index contributed by atoms with van der Waals surface area (Å²) in [6, 6.07) is 3.34. The van der Waals surface area contributed by atoms with E-state index in [1.807, 2.05) is 26.8 Å². The quantitative estimate of drug-likeness (QED) is 0.917. The third-order valence-corrected chi connectivity index (χ3v) is 3.09. The van der Waals surface area contributed by atoms with E-state index in [0.29, 0.717) is 5.56 Å². The minimum atomic E-state index is -0.216. The molecule has 19 heavy (non-hydrogen) atoms. The lowest BCUT2D eigenvalue weighted by atomic mass is 9.94. The van der Waals surface area contributed by atoms with Gasteiger partial charge in [0.2, 0.25) is 0 Å². The number of benzene rings is 1. The average Bonchev–Trinajstić information content (AvgIpc) is 2.37. The largest absolute Gasteiger partial charge is 0.306 e. The van der Waals surface area contributed by atoms with Gasteiger partial charge in [-0.05, 0) is 37.6 Å². The molecule has 0 bridgehead atoms. The number of nitrogens with zero attached hydrogens (tertiary/aromatic N) is 2.